The summed E-state index contributed by atoms with van der Waals surface area (Å²) in [4.78, 5) is 56.5. The number of hydrogen-bond donors (Lipinski definition) is 3. The van der Waals surface area contributed by atoms with Gasteiger partial charge in [-0.15, -0.1) is 0 Å². The maximum absolute atomic E-state index is 13.7. The molecule has 5 rings (SSSR count). The second kappa shape index (κ2) is 13.0. The van der Waals surface area contributed by atoms with Crippen LogP contribution in [0.5, 0.6) is 5.75 Å². The number of rotatable bonds is 6. The number of nitrogens with one attached hydrogen (secondary N) is 1. The lowest BCUT2D eigenvalue weighted by Gasteiger charge is -2.38. The second-order valence-corrected chi connectivity index (χ2v) is 11.8. The monoisotopic (exact) mass is 642 g/mol. The van der Waals surface area contributed by atoms with E-state index in [4.69, 9.17) is 4.74 Å². The molecule has 0 aliphatic carbocycles. The molecule has 11 nitrogen and oxygen atoms in total. The Bertz CT molecular complexity index is 1350. The highest BCUT2D eigenvalue weighted by molar-refractivity contribution is 9.10. The number of benzene rings is 2. The van der Waals surface area contributed by atoms with Gasteiger partial charge >= 0.3 is 18.1 Å². The Hall–Kier alpha value is -3.80. The van der Waals surface area contributed by atoms with E-state index in [0.717, 1.165) is 17.7 Å². The Morgan fingerprint density at radius 3 is 2.52 bits per heavy atom. The van der Waals surface area contributed by atoms with Crippen molar-refractivity contribution in [2.45, 2.75) is 63.1 Å². The molecule has 2 aromatic rings. The minimum Gasteiger partial charge on any atom is -0.507 e. The van der Waals surface area contributed by atoms with E-state index in [-0.39, 0.29) is 30.8 Å². The number of amides is 4. The van der Waals surface area contributed by atoms with E-state index in [1.165, 1.54) is 11.0 Å². The van der Waals surface area contributed by atoms with Crippen LogP contribution in [0.25, 0.3) is 0 Å². The molecule has 42 heavy (non-hydrogen) atoms. The van der Waals surface area contributed by atoms with Gasteiger partial charge in [0.1, 0.15) is 11.8 Å². The highest BCUT2D eigenvalue weighted by Crippen LogP contribution is 2.28. The van der Waals surface area contributed by atoms with Gasteiger partial charge in [-0.05, 0) is 83.8 Å². The molecule has 12 heteroatoms. The lowest BCUT2D eigenvalue weighted by atomic mass is 9.99. The number of phenols is 1. The Labute approximate surface area is 252 Å². The fourth-order valence-electron chi connectivity index (χ4n) is 6.00. The molecule has 0 aromatic heterocycles. The summed E-state index contributed by atoms with van der Waals surface area (Å²) < 4.78 is 6.24. The normalized spacial score (nSPS) is 20.3. The fraction of sp³-hybridized carbons (Fsp3) is 0.467. The molecule has 4 amide bonds. The van der Waals surface area contributed by atoms with E-state index < -0.39 is 30.1 Å². The van der Waals surface area contributed by atoms with Gasteiger partial charge in [-0.1, -0.05) is 24.3 Å². The van der Waals surface area contributed by atoms with Crippen LogP contribution in [0.3, 0.4) is 0 Å². The first-order valence-corrected chi connectivity index (χ1v) is 15.1. The summed E-state index contributed by atoms with van der Waals surface area (Å²) in [7, 11) is 0. The van der Waals surface area contributed by atoms with Gasteiger partial charge in [-0.3, -0.25) is 4.79 Å². The van der Waals surface area contributed by atoms with E-state index in [1.807, 2.05) is 29.2 Å². The van der Waals surface area contributed by atoms with Crippen LogP contribution in [-0.2, 0) is 27.2 Å². The predicted molar refractivity (Wildman–Crippen MR) is 157 cm³/mol. The molecular formula is C30H35BrN4O7. The maximum Gasteiger partial charge on any atom is 0.410 e. The first kappa shape index (κ1) is 29.7. The van der Waals surface area contributed by atoms with Crippen molar-refractivity contribution in [3.05, 3.63) is 58.1 Å². The number of piperidine rings is 2. The number of hydrogen-bond acceptors (Lipinski definition) is 6. The number of fused-ring (bicyclic) bond motifs is 1. The summed E-state index contributed by atoms with van der Waals surface area (Å²) in [5.74, 6) is -1.59. The van der Waals surface area contributed by atoms with E-state index in [0.29, 0.717) is 61.8 Å². The molecule has 0 radical (unpaired) electrons. The molecule has 3 aliphatic heterocycles. The van der Waals surface area contributed by atoms with Gasteiger partial charge in [0.05, 0.1) is 4.47 Å². The van der Waals surface area contributed by atoms with Gasteiger partial charge in [0, 0.05) is 44.3 Å². The van der Waals surface area contributed by atoms with Crippen LogP contribution < -0.4 is 5.32 Å². The van der Waals surface area contributed by atoms with Crippen molar-refractivity contribution in [1.29, 1.82) is 0 Å². The van der Waals surface area contributed by atoms with E-state index in [1.54, 1.807) is 17.0 Å². The lowest BCUT2D eigenvalue weighted by Crippen LogP contribution is -2.54. The number of carbonyl (C=O) groups is 4. The molecule has 0 saturated carbocycles. The number of phenolic OH excluding ortho intramolecular Hbond substituents is 1. The topological polar surface area (TPSA) is 140 Å². The number of halogens is 1. The fourth-order valence-corrected chi connectivity index (χ4v) is 6.43. The van der Waals surface area contributed by atoms with E-state index >= 15 is 0 Å². The van der Waals surface area contributed by atoms with Crippen LogP contribution in [0.15, 0.2) is 46.9 Å². The Morgan fingerprint density at radius 2 is 1.79 bits per heavy atom. The summed E-state index contributed by atoms with van der Waals surface area (Å²) in [5.41, 5.74) is 2.55. The number of carbonyl (C=O) groups excluding carboxylic acids is 3. The van der Waals surface area contributed by atoms with Gasteiger partial charge in [0.15, 0.2) is 6.10 Å². The van der Waals surface area contributed by atoms with Crippen LogP contribution >= 0.6 is 15.9 Å². The lowest BCUT2D eigenvalue weighted by molar-refractivity contribution is -0.156. The largest absolute Gasteiger partial charge is 0.507 e. The third kappa shape index (κ3) is 6.64. The van der Waals surface area contributed by atoms with Gasteiger partial charge in [0.2, 0.25) is 0 Å². The van der Waals surface area contributed by atoms with Gasteiger partial charge in [0.25, 0.3) is 5.91 Å². The number of carboxylic acids is 1. The third-order valence-corrected chi connectivity index (χ3v) is 8.96. The number of carboxylic acid groups (broad SMARTS) is 1. The Morgan fingerprint density at radius 1 is 1.02 bits per heavy atom. The molecule has 2 saturated heterocycles. The van der Waals surface area contributed by atoms with E-state index in [9.17, 15) is 29.4 Å². The molecule has 2 atom stereocenters. The van der Waals surface area contributed by atoms with Crippen molar-refractivity contribution < 1.29 is 34.1 Å². The number of anilines is 1. The molecule has 224 valence electrons. The smallest absolute Gasteiger partial charge is 0.410 e. The SMILES string of the molecule is O=C(O)C1CCCCN1C(=O)[C@@H](Cc1ccc(O)c(Br)c1)OC(=O)N1CCC(N2CCc3ccccc3NC2=O)CC1. The molecule has 0 bridgehead atoms. The summed E-state index contributed by atoms with van der Waals surface area (Å²) >= 11 is 3.28. The average Bonchev–Trinajstić information content (AvgIpc) is 3.16. The molecule has 2 aromatic carbocycles. The average molecular weight is 644 g/mol. The van der Waals surface area contributed by atoms with Crippen molar-refractivity contribution in [2.24, 2.45) is 0 Å². The number of nitrogens with zero attached hydrogens (tertiary/aromatic N) is 3. The van der Waals surface area contributed by atoms with Crippen molar-refractivity contribution in [1.82, 2.24) is 14.7 Å². The molecule has 2 fully saturated rings. The predicted octanol–water partition coefficient (Wildman–Crippen LogP) is 4.22. The highest BCUT2D eigenvalue weighted by atomic mass is 79.9. The number of likely N-dealkylation sites (tertiary alicyclic amines) is 2. The molecular weight excluding hydrogens is 608 g/mol. The van der Waals surface area contributed by atoms with Crippen molar-refractivity contribution in [2.75, 3.05) is 31.5 Å². The van der Waals surface area contributed by atoms with Crippen LogP contribution in [-0.4, -0.2) is 93.3 Å². The number of aromatic hydroxyl groups is 1. The van der Waals surface area contributed by atoms with Crippen LogP contribution in [0.1, 0.15) is 43.2 Å². The van der Waals surface area contributed by atoms with Crippen LogP contribution in [0.2, 0.25) is 0 Å². The van der Waals surface area contributed by atoms with E-state index in [2.05, 4.69) is 21.2 Å². The molecule has 3 N–H and O–H groups in total. The zero-order valence-corrected chi connectivity index (χ0v) is 24.8. The summed E-state index contributed by atoms with van der Waals surface area (Å²) in [6, 6.07) is 11.3. The summed E-state index contributed by atoms with van der Waals surface area (Å²) in [5, 5.41) is 22.6. The third-order valence-electron chi connectivity index (χ3n) is 8.33. The number of para-hydroxylation sites is 1. The Kier molecular flexibility index (Phi) is 9.20. The number of ether oxygens (including phenoxy) is 1. The van der Waals surface area contributed by atoms with Gasteiger partial charge in [-0.25, -0.2) is 14.4 Å². The first-order chi connectivity index (χ1) is 20.2. The number of urea groups is 1. The maximum atomic E-state index is 13.7. The minimum absolute atomic E-state index is 0.0251. The molecule has 3 aliphatic rings. The highest BCUT2D eigenvalue weighted by Gasteiger charge is 2.39. The van der Waals surface area contributed by atoms with Crippen molar-refractivity contribution >= 4 is 45.6 Å². The summed E-state index contributed by atoms with van der Waals surface area (Å²) in [6.45, 7) is 1.56. The molecule has 1 unspecified atom stereocenters. The second-order valence-electron chi connectivity index (χ2n) is 11.0. The van der Waals surface area contributed by atoms with Crippen LogP contribution in [0, 0.1) is 0 Å². The zero-order valence-electron chi connectivity index (χ0n) is 23.2. The van der Waals surface area contributed by atoms with Crippen LogP contribution in [0.4, 0.5) is 15.3 Å². The quantitative estimate of drug-likeness (QED) is 0.429. The number of aliphatic carboxylic acids is 1. The summed E-state index contributed by atoms with van der Waals surface area (Å²) in [6.07, 6.45) is 1.72. The Balaban J connectivity index is 1.25. The van der Waals surface area contributed by atoms with Gasteiger partial charge < -0.3 is 35.0 Å². The molecule has 3 heterocycles. The minimum atomic E-state index is -1.23. The van der Waals surface area contributed by atoms with Gasteiger partial charge in [-0.2, -0.15) is 0 Å². The zero-order chi connectivity index (χ0) is 29.8. The standard InChI is InChI=1S/C30H35BrN4O7/c31-22-17-19(8-9-25(22)36)18-26(27(37)35-13-4-3-7-24(35)28(38)39)42-30(41)33-14-11-21(12-15-33)34-16-10-20-5-1-2-6-23(20)32-29(34)40/h1-2,5-6,8-9,17,21,24,26,36H,3-4,7,10-16,18H2,(H,32,40)(H,38,39)/t24?,26-/m1/s1. The molecule has 0 spiro atoms. The van der Waals surface area contributed by atoms with Crippen molar-refractivity contribution in [3.8, 4) is 5.75 Å². The van der Waals surface area contributed by atoms with Crippen molar-refractivity contribution in [3.63, 3.8) is 0 Å². The first-order valence-electron chi connectivity index (χ1n) is 14.3.